The zero-order valence-corrected chi connectivity index (χ0v) is 16.0. The second kappa shape index (κ2) is 6.50. The second-order valence-electron chi connectivity index (χ2n) is 7.88. The average molecular weight is 396 g/mol. The maximum absolute atomic E-state index is 13.0. The number of hydrogen-bond donors (Lipinski definition) is 2. The van der Waals surface area contributed by atoms with E-state index in [1.54, 1.807) is 26.0 Å². The summed E-state index contributed by atoms with van der Waals surface area (Å²) in [7, 11) is 0. The van der Waals surface area contributed by atoms with Crippen LogP contribution >= 0.6 is 0 Å². The van der Waals surface area contributed by atoms with E-state index in [4.69, 9.17) is 9.47 Å². The molecule has 0 saturated carbocycles. The monoisotopic (exact) mass is 396 g/mol. The molecule has 7 heteroatoms. The Labute approximate surface area is 166 Å². The number of carbonyl (C=O) groups is 3. The third-order valence-corrected chi connectivity index (χ3v) is 5.34. The topological polar surface area (TPSA) is 110 Å². The first-order chi connectivity index (χ1) is 13.7. The Morgan fingerprint density at radius 2 is 1.69 bits per heavy atom. The Hall–Kier alpha value is -3.03. The molecule has 2 aromatic carbocycles. The Kier molecular flexibility index (Phi) is 4.33. The van der Waals surface area contributed by atoms with Gasteiger partial charge in [-0.2, -0.15) is 0 Å². The van der Waals surface area contributed by atoms with Crippen molar-refractivity contribution in [2.45, 2.75) is 38.1 Å². The summed E-state index contributed by atoms with van der Waals surface area (Å²) in [6.07, 6.45) is 0.722. The molecule has 0 amide bonds. The largest absolute Gasteiger partial charge is 0.507 e. The number of ketones is 2. The molecule has 150 valence electrons. The fourth-order valence-corrected chi connectivity index (χ4v) is 4.09. The van der Waals surface area contributed by atoms with Crippen LogP contribution in [0.1, 0.15) is 57.7 Å². The number of aromatic hydroxyl groups is 2. The summed E-state index contributed by atoms with van der Waals surface area (Å²) in [5.41, 5.74) is -0.959. The van der Waals surface area contributed by atoms with Gasteiger partial charge in [0.1, 0.15) is 23.4 Å². The van der Waals surface area contributed by atoms with Crippen LogP contribution in [0, 0.1) is 0 Å². The van der Waals surface area contributed by atoms with E-state index in [0.29, 0.717) is 6.29 Å². The molecule has 4 rings (SSSR count). The highest BCUT2D eigenvalue weighted by Crippen LogP contribution is 2.43. The normalized spacial score (nSPS) is 22.3. The van der Waals surface area contributed by atoms with Crippen molar-refractivity contribution in [3.05, 3.63) is 58.1 Å². The molecule has 1 saturated heterocycles. The predicted molar refractivity (Wildman–Crippen MR) is 101 cm³/mol. The zero-order valence-electron chi connectivity index (χ0n) is 16.0. The number of aldehydes is 1. The van der Waals surface area contributed by atoms with Gasteiger partial charge in [-0.05, 0) is 19.9 Å². The molecule has 0 unspecified atom stereocenters. The molecule has 0 spiro atoms. The smallest absolute Gasteiger partial charge is 0.198 e. The van der Waals surface area contributed by atoms with Crippen LogP contribution < -0.4 is 0 Å². The predicted octanol–water partition coefficient (Wildman–Crippen LogP) is 2.53. The second-order valence-corrected chi connectivity index (χ2v) is 7.88. The van der Waals surface area contributed by atoms with Gasteiger partial charge in [-0.15, -0.1) is 0 Å². The van der Waals surface area contributed by atoms with Crippen molar-refractivity contribution in [1.29, 1.82) is 0 Å². The maximum Gasteiger partial charge on any atom is 0.198 e. The zero-order chi connectivity index (χ0) is 21.0. The van der Waals surface area contributed by atoms with Crippen LogP contribution in [0.25, 0.3) is 0 Å². The van der Waals surface area contributed by atoms with Gasteiger partial charge in [0.25, 0.3) is 0 Å². The third-order valence-electron chi connectivity index (χ3n) is 5.34. The van der Waals surface area contributed by atoms with E-state index >= 15 is 0 Å². The Bertz CT molecular complexity index is 1050. The molecule has 1 aliphatic carbocycles. The number of rotatable bonds is 4. The molecule has 0 radical (unpaired) electrons. The molecule has 7 nitrogen and oxygen atoms in total. The first kappa shape index (κ1) is 19.3. The summed E-state index contributed by atoms with van der Waals surface area (Å²) in [5.74, 6) is -2.79. The molecule has 1 atom stereocenters. The Morgan fingerprint density at radius 3 is 2.24 bits per heavy atom. The van der Waals surface area contributed by atoms with Crippen molar-refractivity contribution in [3.8, 4) is 11.5 Å². The van der Waals surface area contributed by atoms with Crippen molar-refractivity contribution in [3.63, 3.8) is 0 Å². The van der Waals surface area contributed by atoms with Gasteiger partial charge in [-0.3, -0.25) is 9.59 Å². The summed E-state index contributed by atoms with van der Waals surface area (Å²) in [4.78, 5) is 37.0. The maximum atomic E-state index is 13.0. The molecule has 2 aromatic rings. The molecule has 1 aliphatic heterocycles. The van der Waals surface area contributed by atoms with Crippen molar-refractivity contribution < 1.29 is 34.1 Å². The molecular formula is C22H20O7. The van der Waals surface area contributed by atoms with Crippen molar-refractivity contribution in [2.24, 2.45) is 0 Å². The van der Waals surface area contributed by atoms with Gasteiger partial charge in [0.05, 0.1) is 17.7 Å². The highest BCUT2D eigenvalue weighted by molar-refractivity contribution is 6.30. The number of ether oxygens (including phenoxy) is 2. The van der Waals surface area contributed by atoms with Gasteiger partial charge in [-0.1, -0.05) is 24.3 Å². The lowest BCUT2D eigenvalue weighted by atomic mass is 9.80. The number of carbonyl (C=O) groups excluding carboxylic acids is 3. The molecule has 2 N–H and O–H groups in total. The van der Waals surface area contributed by atoms with Crippen LogP contribution in [0.3, 0.4) is 0 Å². The summed E-state index contributed by atoms with van der Waals surface area (Å²) < 4.78 is 11.5. The van der Waals surface area contributed by atoms with Crippen molar-refractivity contribution >= 4 is 17.9 Å². The van der Waals surface area contributed by atoms with Crippen LogP contribution in [0.5, 0.6) is 11.5 Å². The molecule has 1 fully saturated rings. The molecular weight excluding hydrogens is 376 g/mol. The molecule has 0 bridgehead atoms. The van der Waals surface area contributed by atoms with E-state index < -0.39 is 34.5 Å². The number of phenols is 2. The fourth-order valence-electron chi connectivity index (χ4n) is 4.09. The van der Waals surface area contributed by atoms with Gasteiger partial charge in [0.2, 0.25) is 0 Å². The molecule has 0 aromatic heterocycles. The molecule has 29 heavy (non-hydrogen) atoms. The lowest BCUT2D eigenvalue weighted by molar-refractivity contribution is -0.162. The number of phenolic OH excluding ortho intramolecular Hbond substituents is 2. The van der Waals surface area contributed by atoms with Crippen LogP contribution in [0.4, 0.5) is 0 Å². The van der Waals surface area contributed by atoms with Gasteiger partial charge in [-0.25, -0.2) is 0 Å². The highest BCUT2D eigenvalue weighted by Gasteiger charge is 2.46. The summed E-state index contributed by atoms with van der Waals surface area (Å²) in [6, 6.07) is 7.51. The lowest BCUT2D eigenvalue weighted by Gasteiger charge is -2.29. The van der Waals surface area contributed by atoms with Crippen LogP contribution in [0.2, 0.25) is 0 Å². The van der Waals surface area contributed by atoms with E-state index in [2.05, 4.69) is 0 Å². The van der Waals surface area contributed by atoms with Gasteiger partial charge in [0.15, 0.2) is 17.4 Å². The van der Waals surface area contributed by atoms with E-state index in [0.717, 1.165) is 0 Å². The standard InChI is InChI=1S/C22H20O7/c1-21(2)28-11-22(29-21,7-8-23)10-12-9-15(24)16-17(18(12)25)20(27)14-6-4-3-5-13(14)19(16)26/h3-6,8-9,24-25H,7,10-11H2,1-2H3/t22-/m1/s1. The Balaban J connectivity index is 1.82. The van der Waals surface area contributed by atoms with E-state index in [1.807, 2.05) is 0 Å². The first-order valence-corrected chi connectivity index (χ1v) is 9.22. The third kappa shape index (κ3) is 3.03. The number of hydrogen-bond acceptors (Lipinski definition) is 7. The molecule has 2 aliphatic rings. The van der Waals surface area contributed by atoms with Crippen molar-refractivity contribution in [1.82, 2.24) is 0 Å². The van der Waals surface area contributed by atoms with E-state index in [9.17, 15) is 24.6 Å². The number of fused-ring (bicyclic) bond motifs is 2. The minimum atomic E-state index is -1.05. The van der Waals surface area contributed by atoms with Crippen LogP contribution in [-0.4, -0.2) is 46.1 Å². The minimum Gasteiger partial charge on any atom is -0.507 e. The van der Waals surface area contributed by atoms with Gasteiger partial charge < -0.3 is 24.5 Å². The minimum absolute atomic E-state index is 0.00340. The average Bonchev–Trinajstić information content (AvgIpc) is 2.97. The van der Waals surface area contributed by atoms with Crippen molar-refractivity contribution in [2.75, 3.05) is 6.61 Å². The summed E-state index contributed by atoms with van der Waals surface area (Å²) >= 11 is 0. The van der Waals surface area contributed by atoms with Crippen LogP contribution in [0.15, 0.2) is 30.3 Å². The van der Waals surface area contributed by atoms with E-state index in [1.165, 1.54) is 18.2 Å². The van der Waals surface area contributed by atoms with Crippen LogP contribution in [-0.2, 0) is 20.7 Å². The summed E-state index contributed by atoms with van der Waals surface area (Å²) in [6.45, 7) is 3.53. The first-order valence-electron chi connectivity index (χ1n) is 9.22. The lowest BCUT2D eigenvalue weighted by Crippen LogP contribution is -2.37. The highest BCUT2D eigenvalue weighted by atomic mass is 16.8. The molecule has 1 heterocycles. The summed E-state index contributed by atoms with van der Waals surface area (Å²) in [5, 5.41) is 21.4. The van der Waals surface area contributed by atoms with Gasteiger partial charge >= 0.3 is 0 Å². The van der Waals surface area contributed by atoms with Gasteiger partial charge in [0, 0.05) is 29.5 Å². The Morgan fingerprint density at radius 1 is 1.07 bits per heavy atom. The van der Waals surface area contributed by atoms with E-state index in [-0.39, 0.29) is 47.3 Å². The number of benzene rings is 2. The fraction of sp³-hybridized carbons (Fsp3) is 0.318. The SMILES string of the molecule is CC1(C)OC[C@@](CC=O)(Cc2cc(O)c3c(c2O)C(=O)c2ccccc2C3=O)O1. The quantitative estimate of drug-likeness (QED) is 0.515.